The summed E-state index contributed by atoms with van der Waals surface area (Å²) in [6.07, 6.45) is 5.24. The lowest BCUT2D eigenvalue weighted by atomic mass is 10.3. The van der Waals surface area contributed by atoms with Crippen LogP contribution in [0.2, 0.25) is 0 Å². The van der Waals surface area contributed by atoms with Gasteiger partial charge in [0.15, 0.2) is 0 Å². The van der Waals surface area contributed by atoms with Gasteiger partial charge in [0, 0.05) is 24.7 Å². The summed E-state index contributed by atoms with van der Waals surface area (Å²) in [5.41, 5.74) is 1.81. The molecule has 114 valence electrons. The van der Waals surface area contributed by atoms with E-state index in [4.69, 9.17) is 0 Å². The van der Waals surface area contributed by atoms with Crippen LogP contribution in [0.25, 0.3) is 0 Å². The zero-order valence-electron chi connectivity index (χ0n) is 12.3. The molecule has 2 heterocycles. The lowest BCUT2D eigenvalue weighted by Crippen LogP contribution is -2.32. The highest BCUT2D eigenvalue weighted by Gasteiger charge is 2.25. The van der Waals surface area contributed by atoms with Crippen molar-refractivity contribution in [1.29, 1.82) is 0 Å². The second kappa shape index (κ2) is 6.05. The summed E-state index contributed by atoms with van der Waals surface area (Å²) >= 11 is 0. The quantitative estimate of drug-likeness (QED) is 0.875. The number of aromatic nitrogens is 4. The fourth-order valence-corrected chi connectivity index (χ4v) is 2.10. The highest BCUT2D eigenvalue weighted by molar-refractivity contribution is 5.91. The molecule has 0 unspecified atom stereocenters. The topological polar surface area (TPSA) is 89.8 Å². The predicted octanol–water partition coefficient (Wildman–Crippen LogP) is 0.649. The van der Waals surface area contributed by atoms with Gasteiger partial charge in [0.25, 0.3) is 11.5 Å². The van der Waals surface area contributed by atoms with Crippen LogP contribution < -0.4 is 10.9 Å². The molecule has 0 spiro atoms. The Hall–Kier alpha value is -2.57. The maximum absolute atomic E-state index is 11.9. The first-order valence-electron chi connectivity index (χ1n) is 7.28. The van der Waals surface area contributed by atoms with Crippen LogP contribution in [0.1, 0.15) is 40.6 Å². The largest absolute Gasteiger partial charge is 0.349 e. The summed E-state index contributed by atoms with van der Waals surface area (Å²) in [4.78, 5) is 31.7. The number of rotatable bonds is 5. The van der Waals surface area contributed by atoms with Gasteiger partial charge >= 0.3 is 0 Å². The van der Waals surface area contributed by atoms with Gasteiger partial charge in [-0.05, 0) is 25.8 Å². The molecular formula is C15H17N5O2. The zero-order valence-corrected chi connectivity index (χ0v) is 12.3. The van der Waals surface area contributed by atoms with E-state index in [0.29, 0.717) is 19.0 Å². The van der Waals surface area contributed by atoms with Crippen LogP contribution in [0.4, 0.5) is 0 Å². The summed E-state index contributed by atoms with van der Waals surface area (Å²) in [6, 6.07) is 3.32. The number of amides is 1. The average Bonchev–Trinajstić information content (AvgIpc) is 3.34. The van der Waals surface area contributed by atoms with E-state index in [2.05, 4.69) is 20.4 Å². The van der Waals surface area contributed by atoms with Crippen molar-refractivity contribution in [3.63, 3.8) is 0 Å². The Morgan fingerprint density at radius 3 is 2.82 bits per heavy atom. The lowest BCUT2D eigenvalue weighted by molar-refractivity contribution is 0.0946. The molecule has 0 atom stereocenters. The smallest absolute Gasteiger partial charge is 0.271 e. The third kappa shape index (κ3) is 3.36. The second-order valence-electron chi connectivity index (χ2n) is 5.39. The molecule has 3 rings (SSSR count). The molecule has 2 aromatic rings. The van der Waals surface area contributed by atoms with Gasteiger partial charge in [-0.3, -0.25) is 14.6 Å². The Balaban J connectivity index is 1.58. The van der Waals surface area contributed by atoms with E-state index in [1.165, 1.54) is 16.9 Å². The van der Waals surface area contributed by atoms with Crippen LogP contribution in [0.15, 0.2) is 29.3 Å². The van der Waals surface area contributed by atoms with Crippen LogP contribution >= 0.6 is 0 Å². The van der Waals surface area contributed by atoms with Gasteiger partial charge in [0.1, 0.15) is 5.69 Å². The molecule has 0 aromatic carbocycles. The molecule has 0 bridgehead atoms. The summed E-state index contributed by atoms with van der Waals surface area (Å²) in [6.45, 7) is 2.46. The van der Waals surface area contributed by atoms with Gasteiger partial charge in [-0.25, -0.2) is 9.67 Å². The molecule has 7 nitrogen and oxygen atoms in total. The van der Waals surface area contributed by atoms with E-state index in [9.17, 15) is 9.59 Å². The number of nitrogens with zero attached hydrogens (tertiary/aromatic N) is 4. The first-order valence-corrected chi connectivity index (χ1v) is 7.28. The van der Waals surface area contributed by atoms with Gasteiger partial charge in [-0.15, -0.1) is 0 Å². The van der Waals surface area contributed by atoms with Gasteiger partial charge in [-0.2, -0.15) is 5.10 Å². The van der Waals surface area contributed by atoms with E-state index in [1.54, 1.807) is 19.2 Å². The molecule has 22 heavy (non-hydrogen) atoms. The van der Waals surface area contributed by atoms with Gasteiger partial charge < -0.3 is 5.32 Å². The van der Waals surface area contributed by atoms with E-state index in [1.807, 2.05) is 0 Å². The molecule has 0 radical (unpaired) electrons. The Kier molecular flexibility index (Phi) is 3.95. The zero-order chi connectivity index (χ0) is 15.5. The van der Waals surface area contributed by atoms with Gasteiger partial charge in [0.05, 0.1) is 24.1 Å². The van der Waals surface area contributed by atoms with Crippen LogP contribution in [-0.4, -0.2) is 32.2 Å². The van der Waals surface area contributed by atoms with Crippen molar-refractivity contribution < 1.29 is 4.79 Å². The molecule has 1 aliphatic carbocycles. The Morgan fingerprint density at radius 1 is 1.32 bits per heavy atom. The van der Waals surface area contributed by atoms with E-state index in [-0.39, 0.29) is 17.2 Å². The van der Waals surface area contributed by atoms with Crippen molar-refractivity contribution >= 4 is 5.91 Å². The highest BCUT2D eigenvalue weighted by atomic mass is 16.2. The standard InChI is InChI=1S/C15H17N5O2/c1-10-8-18-13(9-17-10)15(22)16-6-7-20-14(21)5-4-12(19-20)11-2-3-11/h4-5,8-9,11H,2-3,6-7H2,1H3,(H,16,22). The minimum absolute atomic E-state index is 0.159. The normalized spacial score (nSPS) is 13.9. The molecule has 0 aliphatic heterocycles. The molecular weight excluding hydrogens is 282 g/mol. The van der Waals surface area contributed by atoms with Crippen molar-refractivity contribution in [3.8, 4) is 0 Å². The van der Waals surface area contributed by atoms with Crippen molar-refractivity contribution in [2.45, 2.75) is 32.2 Å². The van der Waals surface area contributed by atoms with Crippen LogP contribution in [0.5, 0.6) is 0 Å². The number of nitrogens with one attached hydrogen (secondary N) is 1. The minimum Gasteiger partial charge on any atom is -0.349 e. The van der Waals surface area contributed by atoms with Gasteiger partial charge in [-0.1, -0.05) is 0 Å². The molecule has 1 aliphatic rings. The van der Waals surface area contributed by atoms with Gasteiger partial charge in [0.2, 0.25) is 0 Å². The number of hydrogen-bond acceptors (Lipinski definition) is 5. The summed E-state index contributed by atoms with van der Waals surface area (Å²) in [7, 11) is 0. The predicted molar refractivity (Wildman–Crippen MR) is 79.6 cm³/mol. The number of aryl methyl sites for hydroxylation is 1. The van der Waals surface area contributed by atoms with E-state index in [0.717, 1.165) is 24.2 Å². The molecule has 1 fully saturated rings. The molecule has 1 N–H and O–H groups in total. The van der Waals surface area contributed by atoms with Crippen molar-refractivity contribution in [2.75, 3.05) is 6.54 Å². The molecule has 1 saturated carbocycles. The first-order chi connectivity index (χ1) is 10.6. The molecule has 0 saturated heterocycles. The number of carbonyl (C=O) groups is 1. The number of carbonyl (C=O) groups excluding carboxylic acids is 1. The van der Waals surface area contributed by atoms with Crippen LogP contribution in [-0.2, 0) is 6.54 Å². The maximum Gasteiger partial charge on any atom is 0.271 e. The SMILES string of the molecule is Cc1cnc(C(=O)NCCn2nc(C3CC3)ccc2=O)cn1. The fourth-order valence-electron chi connectivity index (χ4n) is 2.10. The Bertz CT molecular complexity index is 734. The summed E-state index contributed by atoms with van der Waals surface area (Å²) in [5, 5.41) is 7.06. The summed E-state index contributed by atoms with van der Waals surface area (Å²) < 4.78 is 1.40. The fraction of sp³-hybridized carbons (Fsp3) is 0.400. The third-order valence-corrected chi connectivity index (χ3v) is 3.51. The van der Waals surface area contributed by atoms with E-state index < -0.39 is 0 Å². The maximum atomic E-state index is 11.9. The van der Waals surface area contributed by atoms with Crippen molar-refractivity contribution in [3.05, 3.63) is 52.0 Å². The molecule has 7 heteroatoms. The lowest BCUT2D eigenvalue weighted by Gasteiger charge is -2.07. The van der Waals surface area contributed by atoms with Crippen molar-refractivity contribution in [2.24, 2.45) is 0 Å². The molecule has 2 aromatic heterocycles. The van der Waals surface area contributed by atoms with Crippen molar-refractivity contribution in [1.82, 2.24) is 25.1 Å². The first kappa shape index (κ1) is 14.4. The average molecular weight is 299 g/mol. The van der Waals surface area contributed by atoms with Crippen LogP contribution in [0, 0.1) is 6.92 Å². The Morgan fingerprint density at radius 2 is 2.14 bits per heavy atom. The number of hydrogen-bond donors (Lipinski definition) is 1. The highest BCUT2D eigenvalue weighted by Crippen LogP contribution is 2.38. The molecule has 1 amide bonds. The van der Waals surface area contributed by atoms with Crippen LogP contribution in [0.3, 0.4) is 0 Å². The minimum atomic E-state index is -0.307. The summed E-state index contributed by atoms with van der Waals surface area (Å²) in [5.74, 6) is 0.183. The van der Waals surface area contributed by atoms with E-state index >= 15 is 0 Å². The monoisotopic (exact) mass is 299 g/mol. The second-order valence-corrected chi connectivity index (χ2v) is 5.39. The Labute approximate surface area is 127 Å². The third-order valence-electron chi connectivity index (χ3n) is 3.51.